The number of amides is 1. The van der Waals surface area contributed by atoms with Gasteiger partial charge in [0.1, 0.15) is 0 Å². The molecule has 0 aliphatic carbocycles. The van der Waals surface area contributed by atoms with Crippen molar-refractivity contribution in [3.8, 4) is 0 Å². The van der Waals surface area contributed by atoms with Crippen LogP contribution in [0.3, 0.4) is 0 Å². The van der Waals surface area contributed by atoms with Gasteiger partial charge in [0.25, 0.3) is 5.91 Å². The van der Waals surface area contributed by atoms with E-state index in [0.717, 1.165) is 22.3 Å². The Labute approximate surface area is 122 Å². The third kappa shape index (κ3) is 5.87. The second-order valence-electron chi connectivity index (χ2n) is 4.51. The molecule has 2 N–H and O–H groups in total. The zero-order chi connectivity index (χ0) is 14.3. The molecular weight excluding hydrogens is 306 g/mol. The quantitative estimate of drug-likeness (QED) is 0.622. The van der Waals surface area contributed by atoms with Gasteiger partial charge >= 0.3 is 0 Å². The molecule has 0 aliphatic heterocycles. The van der Waals surface area contributed by atoms with Crippen molar-refractivity contribution in [2.75, 3.05) is 11.9 Å². The Morgan fingerprint density at radius 2 is 2.16 bits per heavy atom. The Morgan fingerprint density at radius 1 is 1.42 bits per heavy atom. The maximum atomic E-state index is 11.7. The van der Waals surface area contributed by atoms with Crippen LogP contribution in [0.1, 0.15) is 27.2 Å². The molecular formula is C14H20BrN3O. The Balaban J connectivity index is 2.44. The zero-order valence-corrected chi connectivity index (χ0v) is 13.1. The van der Waals surface area contributed by atoms with E-state index in [9.17, 15) is 4.79 Å². The fraction of sp³-hybridized carbons (Fsp3) is 0.429. The number of hydrogen-bond donors (Lipinski definition) is 2. The van der Waals surface area contributed by atoms with Crippen molar-refractivity contribution in [2.24, 2.45) is 11.0 Å². The molecule has 19 heavy (non-hydrogen) atoms. The first kappa shape index (κ1) is 15.7. The van der Waals surface area contributed by atoms with Gasteiger partial charge in [-0.15, -0.1) is 0 Å². The van der Waals surface area contributed by atoms with Gasteiger partial charge in [0, 0.05) is 15.9 Å². The standard InChI is InChI=1S/C14H20BrN3O/c1-4-13(10(2)3)17-18-14(19)9-16-12-7-5-6-11(15)8-12/h5-8,10,16H,4,9H2,1-3H3,(H,18,19). The number of carbonyl (C=O) groups excluding carboxylic acids is 1. The second kappa shape index (κ2) is 7.94. The molecule has 0 unspecified atom stereocenters. The predicted molar refractivity (Wildman–Crippen MR) is 83.3 cm³/mol. The number of nitrogens with zero attached hydrogens (tertiary/aromatic N) is 1. The maximum Gasteiger partial charge on any atom is 0.259 e. The van der Waals surface area contributed by atoms with E-state index in [-0.39, 0.29) is 12.5 Å². The minimum atomic E-state index is -0.147. The molecule has 1 aromatic rings. The van der Waals surface area contributed by atoms with E-state index in [1.807, 2.05) is 31.2 Å². The van der Waals surface area contributed by atoms with E-state index < -0.39 is 0 Å². The van der Waals surface area contributed by atoms with Crippen LogP contribution in [0.5, 0.6) is 0 Å². The molecule has 1 aromatic carbocycles. The lowest BCUT2D eigenvalue weighted by Gasteiger charge is -2.09. The second-order valence-corrected chi connectivity index (χ2v) is 5.43. The Hall–Kier alpha value is -1.36. The van der Waals surface area contributed by atoms with Gasteiger partial charge in [-0.05, 0) is 30.5 Å². The number of nitrogens with one attached hydrogen (secondary N) is 2. The molecule has 0 spiro atoms. The largest absolute Gasteiger partial charge is 0.376 e. The van der Waals surface area contributed by atoms with Crippen molar-refractivity contribution in [1.82, 2.24) is 5.43 Å². The lowest BCUT2D eigenvalue weighted by atomic mass is 10.1. The minimum absolute atomic E-state index is 0.147. The van der Waals surface area contributed by atoms with Gasteiger partial charge in [-0.1, -0.05) is 42.8 Å². The van der Waals surface area contributed by atoms with Crippen molar-refractivity contribution in [1.29, 1.82) is 0 Å². The molecule has 0 bridgehead atoms. The van der Waals surface area contributed by atoms with E-state index in [2.05, 4.69) is 45.6 Å². The molecule has 5 heteroatoms. The van der Waals surface area contributed by atoms with E-state index in [4.69, 9.17) is 0 Å². The van der Waals surface area contributed by atoms with Crippen LogP contribution >= 0.6 is 15.9 Å². The number of hydrazone groups is 1. The predicted octanol–water partition coefficient (Wildman–Crippen LogP) is 3.40. The highest BCUT2D eigenvalue weighted by Gasteiger charge is 2.04. The van der Waals surface area contributed by atoms with E-state index in [1.54, 1.807) is 0 Å². The lowest BCUT2D eigenvalue weighted by molar-refractivity contribution is -0.119. The maximum absolute atomic E-state index is 11.7. The number of benzene rings is 1. The average molecular weight is 326 g/mol. The molecule has 0 fully saturated rings. The smallest absolute Gasteiger partial charge is 0.259 e. The highest BCUT2D eigenvalue weighted by atomic mass is 79.9. The van der Waals surface area contributed by atoms with Gasteiger partial charge in [0.05, 0.1) is 6.54 Å². The first-order chi connectivity index (χ1) is 9.02. The van der Waals surface area contributed by atoms with E-state index >= 15 is 0 Å². The van der Waals surface area contributed by atoms with Gasteiger partial charge in [-0.25, -0.2) is 5.43 Å². The first-order valence-electron chi connectivity index (χ1n) is 6.37. The minimum Gasteiger partial charge on any atom is -0.376 e. The molecule has 1 rings (SSSR count). The van der Waals surface area contributed by atoms with Gasteiger partial charge in [-0.3, -0.25) is 4.79 Å². The summed E-state index contributed by atoms with van der Waals surface area (Å²) in [6.07, 6.45) is 0.844. The van der Waals surface area contributed by atoms with E-state index in [0.29, 0.717) is 5.92 Å². The molecule has 0 atom stereocenters. The Kier molecular flexibility index (Phi) is 6.56. The molecule has 0 saturated heterocycles. The van der Waals surface area contributed by atoms with Crippen molar-refractivity contribution in [2.45, 2.75) is 27.2 Å². The van der Waals surface area contributed by atoms with Crippen LogP contribution in [-0.4, -0.2) is 18.2 Å². The summed E-state index contributed by atoms with van der Waals surface area (Å²) in [6, 6.07) is 7.68. The molecule has 0 radical (unpaired) electrons. The van der Waals surface area contributed by atoms with E-state index in [1.165, 1.54) is 0 Å². The lowest BCUT2D eigenvalue weighted by Crippen LogP contribution is -2.27. The summed E-state index contributed by atoms with van der Waals surface area (Å²) in [5.74, 6) is 0.204. The Bertz CT molecular complexity index is 458. The summed E-state index contributed by atoms with van der Waals surface area (Å²) in [7, 11) is 0. The molecule has 104 valence electrons. The highest BCUT2D eigenvalue weighted by Crippen LogP contribution is 2.15. The van der Waals surface area contributed by atoms with Crippen LogP contribution in [0.2, 0.25) is 0 Å². The summed E-state index contributed by atoms with van der Waals surface area (Å²) >= 11 is 3.38. The topological polar surface area (TPSA) is 53.5 Å². The normalized spacial score (nSPS) is 11.5. The summed E-state index contributed by atoms with van der Waals surface area (Å²) in [5, 5.41) is 7.18. The van der Waals surface area contributed by atoms with Gasteiger partial charge in [0.2, 0.25) is 0 Å². The SMILES string of the molecule is CCC(=NNC(=O)CNc1cccc(Br)c1)C(C)C. The van der Waals surface area contributed by atoms with Crippen LogP contribution in [0, 0.1) is 5.92 Å². The van der Waals surface area contributed by atoms with Gasteiger partial charge in [-0.2, -0.15) is 5.10 Å². The van der Waals surface area contributed by atoms with Gasteiger partial charge in [0.15, 0.2) is 0 Å². The Morgan fingerprint density at radius 3 is 2.74 bits per heavy atom. The summed E-state index contributed by atoms with van der Waals surface area (Å²) in [5.41, 5.74) is 4.47. The van der Waals surface area contributed by atoms with Crippen molar-refractivity contribution >= 4 is 33.2 Å². The molecule has 0 heterocycles. The monoisotopic (exact) mass is 325 g/mol. The molecule has 0 saturated carbocycles. The summed E-state index contributed by atoms with van der Waals surface area (Å²) in [6.45, 7) is 6.36. The first-order valence-corrected chi connectivity index (χ1v) is 7.17. The third-order valence-corrected chi connectivity index (χ3v) is 3.12. The van der Waals surface area contributed by atoms with Crippen molar-refractivity contribution in [3.63, 3.8) is 0 Å². The number of hydrogen-bond acceptors (Lipinski definition) is 3. The van der Waals surface area contributed by atoms with Crippen molar-refractivity contribution in [3.05, 3.63) is 28.7 Å². The van der Waals surface area contributed by atoms with Crippen molar-refractivity contribution < 1.29 is 4.79 Å². The third-order valence-electron chi connectivity index (χ3n) is 2.63. The number of anilines is 1. The van der Waals surface area contributed by atoms with Crippen LogP contribution in [0.15, 0.2) is 33.8 Å². The average Bonchev–Trinajstić information content (AvgIpc) is 2.37. The van der Waals surface area contributed by atoms with Crippen LogP contribution in [0.25, 0.3) is 0 Å². The number of carbonyl (C=O) groups is 1. The number of rotatable bonds is 6. The summed E-state index contributed by atoms with van der Waals surface area (Å²) < 4.78 is 0.976. The van der Waals surface area contributed by atoms with Gasteiger partial charge < -0.3 is 5.32 Å². The summed E-state index contributed by atoms with van der Waals surface area (Å²) in [4.78, 5) is 11.7. The zero-order valence-electron chi connectivity index (χ0n) is 11.5. The van der Waals surface area contributed by atoms with Crippen LogP contribution in [0.4, 0.5) is 5.69 Å². The molecule has 0 aliphatic rings. The fourth-order valence-corrected chi connectivity index (χ4v) is 1.97. The van der Waals surface area contributed by atoms with Crippen LogP contribution < -0.4 is 10.7 Å². The molecule has 0 aromatic heterocycles. The number of halogens is 1. The highest BCUT2D eigenvalue weighted by molar-refractivity contribution is 9.10. The van der Waals surface area contributed by atoms with Crippen LogP contribution in [-0.2, 0) is 4.79 Å². The fourth-order valence-electron chi connectivity index (χ4n) is 1.57. The molecule has 4 nitrogen and oxygen atoms in total. The molecule has 1 amide bonds.